The Morgan fingerprint density at radius 3 is 2.43 bits per heavy atom. The summed E-state index contributed by atoms with van der Waals surface area (Å²) in [5.74, 6) is 1.33. The second-order valence-electron chi connectivity index (χ2n) is 11.8. The van der Waals surface area contributed by atoms with Gasteiger partial charge in [-0.05, 0) is 55.2 Å². The Bertz CT molecular complexity index is 1540. The van der Waals surface area contributed by atoms with Crippen LogP contribution in [0.5, 0.6) is 5.75 Å². The second kappa shape index (κ2) is 11.9. The van der Waals surface area contributed by atoms with Gasteiger partial charge in [-0.15, -0.1) is 0 Å². The maximum Gasteiger partial charge on any atom is 0.418 e. The third kappa shape index (κ3) is 6.82. The van der Waals surface area contributed by atoms with Crippen molar-refractivity contribution < 1.29 is 22.6 Å². The first kappa shape index (κ1) is 29.7. The number of benzene rings is 2. The standard InChI is InChI=1S/C32H36F3N5O2/c1-20-17-40(18-21(2)42-20)13-14-41-28-16-23(9-11-25(28)31(3,4)5)39-30-24-10-8-22(15-27(24)37-19-38-30)29-26(32(33,34)35)7-6-12-36-29/h6-12,15-16,19-21H,13-14,17-18H2,1-5H3,(H,37,38,39)/t20-,21-/m0/s1. The molecule has 1 aliphatic rings. The number of rotatable bonds is 7. The molecule has 10 heteroatoms. The first-order valence-electron chi connectivity index (χ1n) is 14.1. The number of ether oxygens (including phenoxy) is 2. The lowest BCUT2D eigenvalue weighted by atomic mass is 9.86. The van der Waals surface area contributed by atoms with E-state index in [1.54, 1.807) is 18.2 Å². The van der Waals surface area contributed by atoms with E-state index in [-0.39, 0.29) is 23.3 Å². The summed E-state index contributed by atoms with van der Waals surface area (Å²) in [6.45, 7) is 13.7. The molecule has 7 nitrogen and oxygen atoms in total. The molecular weight excluding hydrogens is 543 g/mol. The minimum atomic E-state index is -4.52. The molecule has 0 amide bonds. The number of morpholine rings is 1. The summed E-state index contributed by atoms with van der Waals surface area (Å²) in [5.41, 5.74) is 1.63. The number of halogens is 3. The number of alkyl halides is 3. The first-order valence-corrected chi connectivity index (χ1v) is 14.1. The van der Waals surface area contributed by atoms with E-state index in [0.717, 1.165) is 42.7 Å². The molecule has 5 rings (SSSR count). The molecule has 0 bridgehead atoms. The number of hydrogen-bond donors (Lipinski definition) is 1. The Balaban J connectivity index is 1.39. The van der Waals surface area contributed by atoms with Gasteiger partial charge in [-0.3, -0.25) is 9.88 Å². The van der Waals surface area contributed by atoms with Gasteiger partial charge in [0.1, 0.15) is 24.5 Å². The van der Waals surface area contributed by atoms with Crippen LogP contribution < -0.4 is 10.1 Å². The Morgan fingerprint density at radius 1 is 0.952 bits per heavy atom. The van der Waals surface area contributed by atoms with Gasteiger partial charge in [0.15, 0.2) is 0 Å². The van der Waals surface area contributed by atoms with Crippen molar-refractivity contribution in [2.45, 2.75) is 58.4 Å². The lowest BCUT2D eigenvalue weighted by Crippen LogP contribution is -2.46. The van der Waals surface area contributed by atoms with Crippen LogP contribution in [-0.2, 0) is 16.3 Å². The molecule has 0 radical (unpaired) electrons. The highest BCUT2D eigenvalue weighted by Gasteiger charge is 2.34. The summed E-state index contributed by atoms with van der Waals surface area (Å²) in [6, 6.07) is 13.2. The zero-order chi connectivity index (χ0) is 30.1. The number of anilines is 2. The molecule has 222 valence electrons. The van der Waals surface area contributed by atoms with Crippen LogP contribution in [0.4, 0.5) is 24.7 Å². The van der Waals surface area contributed by atoms with Gasteiger partial charge < -0.3 is 14.8 Å². The lowest BCUT2D eigenvalue weighted by Gasteiger charge is -2.35. The topological polar surface area (TPSA) is 72.4 Å². The van der Waals surface area contributed by atoms with Crippen LogP contribution in [0.15, 0.2) is 61.1 Å². The third-order valence-corrected chi connectivity index (χ3v) is 7.24. The van der Waals surface area contributed by atoms with Gasteiger partial charge in [-0.2, -0.15) is 13.2 Å². The number of hydrogen-bond acceptors (Lipinski definition) is 7. The summed E-state index contributed by atoms with van der Waals surface area (Å²) >= 11 is 0. The molecule has 42 heavy (non-hydrogen) atoms. The van der Waals surface area contributed by atoms with E-state index in [9.17, 15) is 13.2 Å². The molecule has 2 aromatic carbocycles. The summed E-state index contributed by atoms with van der Waals surface area (Å²) < 4.78 is 53.0. The molecule has 3 heterocycles. The molecule has 0 unspecified atom stereocenters. The Hall–Kier alpha value is -3.76. The Kier molecular flexibility index (Phi) is 8.39. The van der Waals surface area contributed by atoms with Gasteiger partial charge in [-0.25, -0.2) is 9.97 Å². The van der Waals surface area contributed by atoms with E-state index in [4.69, 9.17) is 9.47 Å². The highest BCUT2D eigenvalue weighted by atomic mass is 19.4. The number of aromatic nitrogens is 3. The largest absolute Gasteiger partial charge is 0.492 e. The molecular formula is C32H36F3N5O2. The van der Waals surface area contributed by atoms with E-state index in [0.29, 0.717) is 28.9 Å². The maximum absolute atomic E-state index is 13.6. The van der Waals surface area contributed by atoms with Crippen LogP contribution >= 0.6 is 0 Å². The van der Waals surface area contributed by atoms with Crippen LogP contribution in [0, 0.1) is 0 Å². The minimum Gasteiger partial charge on any atom is -0.492 e. The molecule has 4 aromatic rings. The normalized spacial score (nSPS) is 18.3. The molecule has 2 atom stereocenters. The van der Waals surface area contributed by atoms with Gasteiger partial charge >= 0.3 is 6.18 Å². The molecule has 0 spiro atoms. The predicted molar refractivity (Wildman–Crippen MR) is 158 cm³/mol. The van der Waals surface area contributed by atoms with Crippen molar-refractivity contribution in [3.8, 4) is 17.0 Å². The van der Waals surface area contributed by atoms with Crippen LogP contribution in [-0.4, -0.2) is 58.3 Å². The van der Waals surface area contributed by atoms with Crippen molar-refractivity contribution in [2.75, 3.05) is 31.6 Å². The smallest absolute Gasteiger partial charge is 0.418 e. The van der Waals surface area contributed by atoms with Gasteiger partial charge in [0, 0.05) is 48.5 Å². The summed E-state index contributed by atoms with van der Waals surface area (Å²) in [4.78, 5) is 15.1. The number of nitrogens with zero attached hydrogens (tertiary/aromatic N) is 4. The van der Waals surface area contributed by atoms with Crippen LogP contribution in [0.25, 0.3) is 22.2 Å². The van der Waals surface area contributed by atoms with Gasteiger partial charge in [0.2, 0.25) is 0 Å². The van der Waals surface area contributed by atoms with E-state index < -0.39 is 11.7 Å². The molecule has 1 aliphatic heterocycles. The Morgan fingerprint density at radius 2 is 1.71 bits per heavy atom. The van der Waals surface area contributed by atoms with Crippen molar-refractivity contribution in [3.05, 3.63) is 72.2 Å². The van der Waals surface area contributed by atoms with E-state index in [1.807, 2.05) is 12.1 Å². The average Bonchev–Trinajstić information content (AvgIpc) is 2.91. The molecule has 2 aromatic heterocycles. The fourth-order valence-electron chi connectivity index (χ4n) is 5.40. The molecule has 1 saturated heterocycles. The third-order valence-electron chi connectivity index (χ3n) is 7.24. The quantitative estimate of drug-likeness (QED) is 0.247. The van der Waals surface area contributed by atoms with Gasteiger partial charge in [0.25, 0.3) is 0 Å². The molecule has 1 fully saturated rings. The lowest BCUT2D eigenvalue weighted by molar-refractivity contribution is -0.137. The SMILES string of the molecule is C[C@H]1CN(CCOc2cc(Nc3ncnc4cc(-c5ncccc5C(F)(F)F)ccc34)ccc2C(C)(C)C)C[C@H](C)O1. The number of fused-ring (bicyclic) bond motifs is 1. The monoisotopic (exact) mass is 579 g/mol. The highest BCUT2D eigenvalue weighted by molar-refractivity contribution is 5.93. The average molecular weight is 580 g/mol. The van der Waals surface area contributed by atoms with E-state index >= 15 is 0 Å². The van der Waals surface area contributed by atoms with Gasteiger partial charge in [-0.1, -0.05) is 32.9 Å². The summed E-state index contributed by atoms with van der Waals surface area (Å²) in [6.07, 6.45) is -1.38. The van der Waals surface area contributed by atoms with Crippen molar-refractivity contribution in [3.63, 3.8) is 0 Å². The van der Waals surface area contributed by atoms with Crippen LogP contribution in [0.1, 0.15) is 45.7 Å². The van der Waals surface area contributed by atoms with Crippen molar-refractivity contribution in [1.82, 2.24) is 19.9 Å². The summed E-state index contributed by atoms with van der Waals surface area (Å²) in [5, 5.41) is 4.03. The van der Waals surface area contributed by atoms with Crippen LogP contribution in [0.2, 0.25) is 0 Å². The fourth-order valence-corrected chi connectivity index (χ4v) is 5.40. The first-order chi connectivity index (χ1) is 19.9. The molecule has 0 saturated carbocycles. The zero-order valence-corrected chi connectivity index (χ0v) is 24.5. The molecule has 0 aliphatic carbocycles. The fraction of sp³-hybridized carbons (Fsp3) is 0.406. The molecule has 1 N–H and O–H groups in total. The number of pyridine rings is 1. The van der Waals surface area contributed by atoms with Gasteiger partial charge in [0.05, 0.1) is 29.0 Å². The zero-order valence-electron chi connectivity index (χ0n) is 24.5. The predicted octanol–water partition coefficient (Wildman–Crippen LogP) is 7.24. The van der Waals surface area contributed by atoms with Crippen LogP contribution in [0.3, 0.4) is 0 Å². The maximum atomic E-state index is 13.6. The van der Waals surface area contributed by atoms with Crippen molar-refractivity contribution in [1.29, 1.82) is 0 Å². The van der Waals surface area contributed by atoms with Crippen molar-refractivity contribution in [2.24, 2.45) is 0 Å². The van der Waals surface area contributed by atoms with Crippen molar-refractivity contribution >= 4 is 22.4 Å². The van der Waals surface area contributed by atoms with E-state index in [1.165, 1.54) is 18.6 Å². The van der Waals surface area contributed by atoms with E-state index in [2.05, 4.69) is 65.9 Å². The summed E-state index contributed by atoms with van der Waals surface area (Å²) in [7, 11) is 0. The minimum absolute atomic E-state index is 0.130. The second-order valence-corrected chi connectivity index (χ2v) is 11.8. The number of nitrogens with one attached hydrogen (secondary N) is 1. The Labute approximate surface area is 244 Å². The highest BCUT2D eigenvalue weighted by Crippen LogP contribution is 2.38.